The van der Waals surface area contributed by atoms with Gasteiger partial charge in [-0.3, -0.25) is 4.79 Å². The summed E-state index contributed by atoms with van der Waals surface area (Å²) in [6.45, 7) is 7.52. The monoisotopic (exact) mass is 501 g/mol. The highest BCUT2D eigenvalue weighted by atomic mass is 32.2. The van der Waals surface area contributed by atoms with Gasteiger partial charge in [-0.05, 0) is 68.7 Å². The lowest BCUT2D eigenvalue weighted by Crippen LogP contribution is -2.65. The molecule has 10 atom stereocenters. The van der Waals surface area contributed by atoms with Gasteiger partial charge in [-0.15, -0.1) is 11.8 Å². The molecular weight excluding hydrogens is 458 g/mol. The van der Waals surface area contributed by atoms with Crippen LogP contribution in [0.1, 0.15) is 39.5 Å². The van der Waals surface area contributed by atoms with Gasteiger partial charge in [0.05, 0.1) is 12.1 Å². The first-order valence-electron chi connectivity index (χ1n) is 12.9. The number of amides is 1. The highest BCUT2D eigenvalue weighted by Gasteiger charge is 2.49. The number of carbonyl (C=O) groups excluding carboxylic acids is 1. The van der Waals surface area contributed by atoms with Crippen LogP contribution in [-0.4, -0.2) is 102 Å². The third kappa shape index (κ3) is 5.59. The smallest absolute Gasteiger partial charge is 0.240 e. The van der Waals surface area contributed by atoms with E-state index in [1.165, 1.54) is 24.6 Å². The Morgan fingerprint density at radius 1 is 1.03 bits per heavy atom. The fraction of sp³-hybridized carbons (Fsp3) is 0.958. The lowest BCUT2D eigenvalue weighted by molar-refractivity contribution is -0.208. The number of aliphatic hydroxyl groups is 3. The molecule has 0 spiro atoms. The highest BCUT2D eigenvalue weighted by Crippen LogP contribution is 2.37. The molecule has 3 unspecified atom stereocenters. The second-order valence-corrected chi connectivity index (χ2v) is 11.7. The molecule has 0 bridgehead atoms. The molecule has 10 heteroatoms. The summed E-state index contributed by atoms with van der Waals surface area (Å²) in [4.78, 5) is 13.4. The van der Waals surface area contributed by atoms with Crippen LogP contribution in [0.4, 0.5) is 0 Å². The van der Waals surface area contributed by atoms with Gasteiger partial charge in [-0.1, -0.05) is 13.8 Å². The van der Waals surface area contributed by atoms with Gasteiger partial charge in [0.15, 0.2) is 0 Å². The Hall–Kier alpha value is -0.460. The van der Waals surface area contributed by atoms with Crippen molar-refractivity contribution in [1.82, 2.24) is 16.0 Å². The summed E-state index contributed by atoms with van der Waals surface area (Å²) in [7, 11) is 0. The quantitative estimate of drug-likeness (QED) is 0.290. The van der Waals surface area contributed by atoms with Crippen molar-refractivity contribution in [3.05, 3.63) is 0 Å². The Morgan fingerprint density at radius 3 is 2.44 bits per heavy atom. The van der Waals surface area contributed by atoms with Crippen LogP contribution in [0.15, 0.2) is 0 Å². The minimum Gasteiger partial charge on any atom is -0.388 e. The van der Waals surface area contributed by atoms with E-state index in [9.17, 15) is 20.1 Å². The van der Waals surface area contributed by atoms with Crippen molar-refractivity contribution in [2.75, 3.05) is 32.5 Å². The average Bonchev–Trinajstić information content (AvgIpc) is 3.11. The van der Waals surface area contributed by atoms with Crippen molar-refractivity contribution in [3.63, 3.8) is 0 Å². The van der Waals surface area contributed by atoms with Crippen LogP contribution in [0, 0.1) is 23.7 Å². The van der Waals surface area contributed by atoms with E-state index in [2.05, 4.69) is 16.0 Å². The summed E-state index contributed by atoms with van der Waals surface area (Å²) >= 11 is 1.27. The fourth-order valence-electron chi connectivity index (χ4n) is 6.33. The molecule has 0 aromatic rings. The summed E-state index contributed by atoms with van der Waals surface area (Å²) in [5, 5.41) is 41.2. The van der Waals surface area contributed by atoms with Gasteiger partial charge in [-0.25, -0.2) is 0 Å². The summed E-state index contributed by atoms with van der Waals surface area (Å²) in [6.07, 6.45) is 1.56. The molecule has 34 heavy (non-hydrogen) atoms. The van der Waals surface area contributed by atoms with E-state index in [4.69, 9.17) is 9.47 Å². The molecule has 0 aromatic carbocycles. The SMILES string of the molecule is CSC1O[C@H]([C@H](NC(=O)[C@H]2NC[C@@H]3C[C@@H](C4CCNCC4)CCO[C@H]32)C(C)C)C(O)C(O)[C@H]1O. The molecule has 0 radical (unpaired) electrons. The van der Waals surface area contributed by atoms with Crippen LogP contribution in [0.2, 0.25) is 0 Å². The number of aliphatic hydroxyl groups excluding tert-OH is 3. The second kappa shape index (κ2) is 11.7. The maximum absolute atomic E-state index is 13.4. The number of nitrogens with one attached hydrogen (secondary N) is 3. The number of carbonyl (C=O) groups is 1. The number of rotatable bonds is 6. The summed E-state index contributed by atoms with van der Waals surface area (Å²) < 4.78 is 12.2. The van der Waals surface area contributed by atoms with Gasteiger partial charge >= 0.3 is 0 Å². The van der Waals surface area contributed by atoms with E-state index < -0.39 is 41.9 Å². The minimum atomic E-state index is -1.33. The van der Waals surface area contributed by atoms with E-state index in [0.717, 1.165) is 38.4 Å². The minimum absolute atomic E-state index is 0.0508. The van der Waals surface area contributed by atoms with Crippen molar-refractivity contribution >= 4 is 17.7 Å². The van der Waals surface area contributed by atoms with Crippen molar-refractivity contribution < 1.29 is 29.6 Å². The van der Waals surface area contributed by atoms with Crippen LogP contribution in [0.25, 0.3) is 0 Å². The maximum Gasteiger partial charge on any atom is 0.240 e. The van der Waals surface area contributed by atoms with E-state index in [1.807, 2.05) is 13.8 Å². The maximum atomic E-state index is 13.4. The van der Waals surface area contributed by atoms with Crippen LogP contribution in [0.3, 0.4) is 0 Å². The molecule has 4 rings (SSSR count). The zero-order chi connectivity index (χ0) is 24.4. The molecule has 1 amide bonds. The summed E-state index contributed by atoms with van der Waals surface area (Å²) in [5.74, 6) is 1.47. The van der Waals surface area contributed by atoms with Crippen LogP contribution in [0.5, 0.6) is 0 Å². The van der Waals surface area contributed by atoms with Gasteiger partial charge in [0.1, 0.15) is 35.9 Å². The Bertz CT molecular complexity index is 679. The number of hydrogen-bond acceptors (Lipinski definition) is 9. The predicted octanol–water partition coefficient (Wildman–Crippen LogP) is -0.319. The molecule has 4 aliphatic rings. The first kappa shape index (κ1) is 26.6. The third-order valence-corrected chi connectivity index (χ3v) is 9.21. The van der Waals surface area contributed by atoms with Gasteiger partial charge in [0, 0.05) is 13.2 Å². The Balaban J connectivity index is 1.41. The molecule has 0 aliphatic carbocycles. The molecule has 196 valence electrons. The second-order valence-electron chi connectivity index (χ2n) is 10.8. The van der Waals surface area contributed by atoms with Gasteiger partial charge in [-0.2, -0.15) is 0 Å². The van der Waals surface area contributed by atoms with Crippen LogP contribution in [-0.2, 0) is 14.3 Å². The van der Waals surface area contributed by atoms with Crippen molar-refractivity contribution in [2.24, 2.45) is 23.7 Å². The van der Waals surface area contributed by atoms with E-state index in [0.29, 0.717) is 18.4 Å². The van der Waals surface area contributed by atoms with Crippen molar-refractivity contribution in [1.29, 1.82) is 0 Å². The van der Waals surface area contributed by atoms with Gasteiger partial charge in [0.25, 0.3) is 0 Å². The lowest BCUT2D eigenvalue weighted by Gasteiger charge is -2.44. The number of ether oxygens (including phenoxy) is 2. The number of piperidine rings is 1. The van der Waals surface area contributed by atoms with Crippen molar-refractivity contribution in [3.8, 4) is 0 Å². The standard InChI is InChI=1S/C24H43N3O6S/c1-12(2)16(22-19(29)18(28)20(30)24(33-22)34-3)27-23(31)17-21-15(11-26-17)10-14(6-9-32-21)13-4-7-25-8-5-13/h12-22,24-26,28-30H,4-11H2,1-3H3,(H,27,31)/t14-,15-,16+,17-,18?,19?,20+,21+,22+,24?/m0/s1. The molecule has 0 saturated carbocycles. The van der Waals surface area contributed by atoms with Crippen molar-refractivity contribution in [2.45, 2.75) is 87.6 Å². The normalized spacial score (nSPS) is 42.7. The van der Waals surface area contributed by atoms with E-state index >= 15 is 0 Å². The van der Waals surface area contributed by atoms with Crippen LogP contribution < -0.4 is 16.0 Å². The lowest BCUT2D eigenvalue weighted by atomic mass is 9.77. The van der Waals surface area contributed by atoms with Crippen LogP contribution >= 0.6 is 11.8 Å². The molecule has 4 aliphatic heterocycles. The molecule has 6 N–H and O–H groups in total. The average molecular weight is 502 g/mol. The topological polar surface area (TPSA) is 132 Å². The van der Waals surface area contributed by atoms with Gasteiger partial charge < -0.3 is 40.7 Å². The fourth-order valence-corrected chi connectivity index (χ4v) is 7.01. The third-order valence-electron chi connectivity index (χ3n) is 8.35. The number of thioether (sulfide) groups is 1. The Labute approximate surface area is 207 Å². The Kier molecular flexibility index (Phi) is 9.17. The molecule has 9 nitrogen and oxygen atoms in total. The molecule has 4 heterocycles. The molecular formula is C24H43N3O6S. The first-order valence-corrected chi connectivity index (χ1v) is 14.2. The zero-order valence-corrected chi connectivity index (χ0v) is 21.4. The highest BCUT2D eigenvalue weighted by molar-refractivity contribution is 7.99. The molecule has 4 saturated heterocycles. The first-order chi connectivity index (χ1) is 16.3. The van der Waals surface area contributed by atoms with Gasteiger partial charge in [0.2, 0.25) is 5.91 Å². The number of fused-ring (bicyclic) bond motifs is 1. The zero-order valence-electron chi connectivity index (χ0n) is 20.6. The summed E-state index contributed by atoms with van der Waals surface area (Å²) in [5.41, 5.74) is -0.673. The molecule has 4 fully saturated rings. The number of hydrogen-bond donors (Lipinski definition) is 6. The summed E-state index contributed by atoms with van der Waals surface area (Å²) in [6, 6.07) is -0.973. The molecule has 0 aromatic heterocycles. The Morgan fingerprint density at radius 2 is 1.76 bits per heavy atom. The van der Waals surface area contributed by atoms with E-state index in [-0.39, 0.29) is 17.9 Å². The predicted molar refractivity (Wildman–Crippen MR) is 130 cm³/mol. The van der Waals surface area contributed by atoms with E-state index in [1.54, 1.807) is 6.26 Å². The largest absolute Gasteiger partial charge is 0.388 e.